The lowest BCUT2D eigenvalue weighted by molar-refractivity contribution is 1.29. The van der Waals surface area contributed by atoms with E-state index in [1.807, 2.05) is 19.1 Å². The SMILES string of the molecule is Cc1ccc(C)cc1.Cc1ccncc1. The fourth-order valence-electron chi connectivity index (χ4n) is 1.06. The molecule has 0 saturated heterocycles. The molecule has 0 N–H and O–H groups in total. The second-order valence-electron chi connectivity index (χ2n) is 3.68. The Morgan fingerprint density at radius 2 is 0.933 bits per heavy atom. The van der Waals surface area contributed by atoms with Crippen LogP contribution in [0.4, 0.5) is 0 Å². The van der Waals surface area contributed by atoms with Crippen LogP contribution in [0.15, 0.2) is 48.8 Å². The minimum Gasteiger partial charge on any atom is -0.265 e. The molecule has 15 heavy (non-hydrogen) atoms. The van der Waals surface area contributed by atoms with E-state index in [1.54, 1.807) is 12.4 Å². The Hall–Kier alpha value is -1.63. The fraction of sp³-hybridized carbons (Fsp3) is 0.214. The zero-order chi connectivity index (χ0) is 11.1. The summed E-state index contributed by atoms with van der Waals surface area (Å²) >= 11 is 0. The fourth-order valence-corrected chi connectivity index (χ4v) is 1.06. The van der Waals surface area contributed by atoms with Crippen LogP contribution < -0.4 is 0 Å². The molecule has 1 heteroatoms. The van der Waals surface area contributed by atoms with Gasteiger partial charge in [-0.1, -0.05) is 35.4 Å². The Bertz CT molecular complexity index is 355. The lowest BCUT2D eigenvalue weighted by Crippen LogP contribution is -1.70. The average molecular weight is 199 g/mol. The molecule has 0 atom stereocenters. The van der Waals surface area contributed by atoms with E-state index in [4.69, 9.17) is 0 Å². The molecule has 0 saturated carbocycles. The van der Waals surface area contributed by atoms with Gasteiger partial charge in [-0.05, 0) is 38.5 Å². The van der Waals surface area contributed by atoms with Gasteiger partial charge in [-0.25, -0.2) is 0 Å². The molecule has 0 aliphatic rings. The highest BCUT2D eigenvalue weighted by Gasteiger charge is 1.79. The monoisotopic (exact) mass is 199 g/mol. The van der Waals surface area contributed by atoms with E-state index in [9.17, 15) is 0 Å². The van der Waals surface area contributed by atoms with E-state index >= 15 is 0 Å². The molecule has 0 spiro atoms. The number of aromatic nitrogens is 1. The minimum atomic E-state index is 1.26. The van der Waals surface area contributed by atoms with Crippen molar-refractivity contribution >= 4 is 0 Å². The molecule has 0 fully saturated rings. The molecule has 0 radical (unpaired) electrons. The summed E-state index contributed by atoms with van der Waals surface area (Å²) in [5.41, 5.74) is 3.92. The highest BCUT2D eigenvalue weighted by atomic mass is 14.6. The molecule has 1 heterocycles. The van der Waals surface area contributed by atoms with Crippen molar-refractivity contribution in [3.8, 4) is 0 Å². The third kappa shape index (κ3) is 4.96. The van der Waals surface area contributed by atoms with Crippen LogP contribution in [0.25, 0.3) is 0 Å². The Morgan fingerprint density at radius 3 is 1.20 bits per heavy atom. The standard InChI is InChI=1S/C8H10.C6H7N/c1-7-3-5-8(2)6-4-7;1-6-2-4-7-5-3-6/h3-6H,1-2H3;2-5H,1H3. The molecular weight excluding hydrogens is 182 g/mol. The summed E-state index contributed by atoms with van der Waals surface area (Å²) in [5.74, 6) is 0. The molecule has 78 valence electrons. The van der Waals surface area contributed by atoms with Gasteiger partial charge in [-0.2, -0.15) is 0 Å². The van der Waals surface area contributed by atoms with Gasteiger partial charge in [0.15, 0.2) is 0 Å². The van der Waals surface area contributed by atoms with Gasteiger partial charge in [-0.15, -0.1) is 0 Å². The van der Waals surface area contributed by atoms with E-state index in [0.717, 1.165) is 0 Å². The van der Waals surface area contributed by atoms with E-state index in [2.05, 4.69) is 43.1 Å². The molecule has 0 amide bonds. The van der Waals surface area contributed by atoms with Gasteiger partial charge in [0.25, 0.3) is 0 Å². The quantitative estimate of drug-likeness (QED) is 0.630. The number of rotatable bonds is 0. The second kappa shape index (κ2) is 5.97. The average Bonchev–Trinajstić information content (AvgIpc) is 2.25. The predicted octanol–water partition coefficient (Wildman–Crippen LogP) is 3.69. The first-order chi connectivity index (χ1) is 7.18. The van der Waals surface area contributed by atoms with E-state index in [0.29, 0.717) is 0 Å². The number of aryl methyl sites for hydroxylation is 3. The van der Waals surface area contributed by atoms with Crippen LogP contribution in [0.1, 0.15) is 16.7 Å². The van der Waals surface area contributed by atoms with Crippen molar-refractivity contribution in [2.75, 3.05) is 0 Å². The summed E-state index contributed by atoms with van der Waals surface area (Å²) in [6, 6.07) is 12.4. The number of pyridine rings is 1. The van der Waals surface area contributed by atoms with Gasteiger partial charge >= 0.3 is 0 Å². The number of hydrogen-bond acceptors (Lipinski definition) is 1. The van der Waals surface area contributed by atoms with E-state index in [1.165, 1.54) is 16.7 Å². The lowest BCUT2D eigenvalue weighted by Gasteiger charge is -1.90. The van der Waals surface area contributed by atoms with Gasteiger partial charge in [-0.3, -0.25) is 4.98 Å². The maximum Gasteiger partial charge on any atom is 0.0270 e. The first kappa shape index (κ1) is 11.4. The van der Waals surface area contributed by atoms with Crippen LogP contribution >= 0.6 is 0 Å². The maximum atomic E-state index is 3.85. The summed E-state index contributed by atoms with van der Waals surface area (Å²) in [5, 5.41) is 0. The smallest absolute Gasteiger partial charge is 0.0270 e. The molecule has 1 aromatic heterocycles. The summed E-state index contributed by atoms with van der Waals surface area (Å²) < 4.78 is 0. The van der Waals surface area contributed by atoms with Crippen molar-refractivity contribution in [2.45, 2.75) is 20.8 Å². The molecule has 0 aliphatic carbocycles. The first-order valence-corrected chi connectivity index (χ1v) is 5.08. The Labute approximate surface area is 91.8 Å². The molecule has 1 nitrogen and oxygen atoms in total. The van der Waals surface area contributed by atoms with Crippen molar-refractivity contribution in [1.82, 2.24) is 4.98 Å². The van der Waals surface area contributed by atoms with Crippen LogP contribution in [0, 0.1) is 20.8 Å². The number of hydrogen-bond donors (Lipinski definition) is 0. The normalized spacial score (nSPS) is 9.00. The molecule has 0 bridgehead atoms. The van der Waals surface area contributed by atoms with Crippen molar-refractivity contribution in [2.24, 2.45) is 0 Å². The topological polar surface area (TPSA) is 12.9 Å². The summed E-state index contributed by atoms with van der Waals surface area (Å²) in [6.07, 6.45) is 3.57. The molecule has 0 aliphatic heterocycles. The van der Waals surface area contributed by atoms with Crippen molar-refractivity contribution in [1.29, 1.82) is 0 Å². The van der Waals surface area contributed by atoms with Gasteiger partial charge in [0.05, 0.1) is 0 Å². The zero-order valence-electron chi connectivity index (χ0n) is 9.57. The van der Waals surface area contributed by atoms with Crippen LogP contribution in [0.3, 0.4) is 0 Å². The number of nitrogens with zero attached hydrogens (tertiary/aromatic N) is 1. The Morgan fingerprint density at radius 1 is 0.600 bits per heavy atom. The van der Waals surface area contributed by atoms with Crippen LogP contribution in [0.2, 0.25) is 0 Å². The molecule has 0 unspecified atom stereocenters. The highest BCUT2D eigenvalue weighted by molar-refractivity contribution is 5.19. The van der Waals surface area contributed by atoms with Crippen molar-refractivity contribution in [3.05, 3.63) is 65.5 Å². The van der Waals surface area contributed by atoms with E-state index in [-0.39, 0.29) is 0 Å². The Balaban J connectivity index is 0.000000151. The molecule has 1 aromatic carbocycles. The molecular formula is C14H17N. The van der Waals surface area contributed by atoms with Gasteiger partial charge in [0, 0.05) is 12.4 Å². The van der Waals surface area contributed by atoms with Crippen molar-refractivity contribution < 1.29 is 0 Å². The van der Waals surface area contributed by atoms with Crippen LogP contribution in [-0.2, 0) is 0 Å². The number of benzene rings is 1. The zero-order valence-corrected chi connectivity index (χ0v) is 9.57. The summed E-state index contributed by atoms with van der Waals surface area (Å²) in [4.78, 5) is 3.85. The summed E-state index contributed by atoms with van der Waals surface area (Å²) in [6.45, 7) is 6.24. The Kier molecular flexibility index (Phi) is 4.55. The van der Waals surface area contributed by atoms with E-state index < -0.39 is 0 Å². The summed E-state index contributed by atoms with van der Waals surface area (Å²) in [7, 11) is 0. The van der Waals surface area contributed by atoms with Gasteiger partial charge in [0.2, 0.25) is 0 Å². The predicted molar refractivity (Wildman–Crippen MR) is 64.9 cm³/mol. The third-order valence-electron chi connectivity index (χ3n) is 2.07. The van der Waals surface area contributed by atoms with Crippen molar-refractivity contribution in [3.63, 3.8) is 0 Å². The molecule has 2 rings (SSSR count). The molecule has 2 aromatic rings. The lowest BCUT2D eigenvalue weighted by atomic mass is 10.2. The third-order valence-corrected chi connectivity index (χ3v) is 2.07. The highest BCUT2D eigenvalue weighted by Crippen LogP contribution is 1.99. The second-order valence-corrected chi connectivity index (χ2v) is 3.68. The minimum absolute atomic E-state index is 1.26. The van der Waals surface area contributed by atoms with Crippen LogP contribution in [0.5, 0.6) is 0 Å². The maximum absolute atomic E-state index is 3.85. The first-order valence-electron chi connectivity index (χ1n) is 5.08. The largest absolute Gasteiger partial charge is 0.265 e. The van der Waals surface area contributed by atoms with Gasteiger partial charge < -0.3 is 0 Å². The van der Waals surface area contributed by atoms with Crippen LogP contribution in [-0.4, -0.2) is 4.98 Å². The van der Waals surface area contributed by atoms with Gasteiger partial charge in [0.1, 0.15) is 0 Å².